The predicted molar refractivity (Wildman–Crippen MR) is 92.9 cm³/mol. The highest BCUT2D eigenvalue weighted by Gasteiger charge is 2.38. The SMILES string of the molecule is Cc1ccc2[nH]c(CCc3nc(C4CC4)no3)nc2c1C.O=C(O)C(F)(F)F. The molecule has 2 aromatic heterocycles. The number of carbonyl (C=O) groups is 1. The van der Waals surface area contributed by atoms with E-state index in [4.69, 9.17) is 19.4 Å². The van der Waals surface area contributed by atoms with Gasteiger partial charge in [-0.3, -0.25) is 0 Å². The number of aromatic nitrogens is 4. The summed E-state index contributed by atoms with van der Waals surface area (Å²) >= 11 is 0. The third kappa shape index (κ3) is 4.68. The molecule has 0 radical (unpaired) electrons. The van der Waals surface area contributed by atoms with Crippen molar-refractivity contribution in [3.63, 3.8) is 0 Å². The molecule has 7 nitrogen and oxygen atoms in total. The Morgan fingerprint density at radius 3 is 2.54 bits per heavy atom. The van der Waals surface area contributed by atoms with Crippen LogP contribution in [0.4, 0.5) is 13.2 Å². The molecule has 1 saturated carbocycles. The fraction of sp³-hybridized carbons (Fsp3) is 0.444. The molecule has 1 aliphatic carbocycles. The molecule has 0 amide bonds. The van der Waals surface area contributed by atoms with Gasteiger partial charge in [-0.25, -0.2) is 9.78 Å². The summed E-state index contributed by atoms with van der Waals surface area (Å²) in [6.45, 7) is 4.23. The van der Waals surface area contributed by atoms with Crippen LogP contribution in [0.1, 0.15) is 47.4 Å². The van der Waals surface area contributed by atoms with Crippen LogP contribution in [-0.4, -0.2) is 37.4 Å². The number of rotatable bonds is 4. The van der Waals surface area contributed by atoms with E-state index in [1.165, 1.54) is 24.0 Å². The number of halogens is 3. The van der Waals surface area contributed by atoms with Crippen LogP contribution >= 0.6 is 0 Å². The summed E-state index contributed by atoms with van der Waals surface area (Å²) in [4.78, 5) is 21.4. The molecule has 0 spiro atoms. The van der Waals surface area contributed by atoms with Gasteiger partial charge in [-0.05, 0) is 43.9 Å². The van der Waals surface area contributed by atoms with Crippen molar-refractivity contribution < 1.29 is 27.6 Å². The molecule has 0 aliphatic heterocycles. The molecule has 4 rings (SSSR count). The molecule has 3 aromatic rings. The van der Waals surface area contributed by atoms with Crippen molar-refractivity contribution in [3.8, 4) is 0 Å². The van der Waals surface area contributed by atoms with Gasteiger partial charge in [0.2, 0.25) is 5.89 Å². The lowest BCUT2D eigenvalue weighted by atomic mass is 10.1. The van der Waals surface area contributed by atoms with E-state index >= 15 is 0 Å². The number of aromatic amines is 1. The number of benzene rings is 1. The number of carboxylic acids is 1. The number of fused-ring (bicyclic) bond motifs is 1. The number of imidazole rings is 1. The monoisotopic (exact) mass is 396 g/mol. The van der Waals surface area contributed by atoms with Crippen molar-refractivity contribution >= 4 is 17.0 Å². The number of alkyl halides is 3. The summed E-state index contributed by atoms with van der Waals surface area (Å²) < 4.78 is 37.0. The average Bonchev–Trinajstić information content (AvgIpc) is 3.21. The van der Waals surface area contributed by atoms with Gasteiger partial charge in [0.1, 0.15) is 5.82 Å². The highest BCUT2D eigenvalue weighted by Crippen LogP contribution is 2.38. The maximum Gasteiger partial charge on any atom is 0.490 e. The Kier molecular flexibility index (Phi) is 5.39. The van der Waals surface area contributed by atoms with E-state index in [0.29, 0.717) is 11.8 Å². The number of hydrogen-bond donors (Lipinski definition) is 2. The molecular formula is C18H19F3N4O3. The molecule has 0 saturated heterocycles. The van der Waals surface area contributed by atoms with Crippen molar-refractivity contribution in [2.24, 2.45) is 0 Å². The zero-order chi connectivity index (χ0) is 20.5. The number of aryl methyl sites for hydroxylation is 4. The molecule has 150 valence electrons. The number of aliphatic carboxylic acids is 1. The van der Waals surface area contributed by atoms with Crippen molar-refractivity contribution in [2.45, 2.75) is 51.6 Å². The Bertz CT molecular complexity index is 990. The average molecular weight is 396 g/mol. The van der Waals surface area contributed by atoms with Gasteiger partial charge in [0.15, 0.2) is 5.82 Å². The van der Waals surface area contributed by atoms with Gasteiger partial charge < -0.3 is 14.6 Å². The summed E-state index contributed by atoms with van der Waals surface area (Å²) in [5, 5.41) is 11.2. The van der Waals surface area contributed by atoms with E-state index in [0.717, 1.165) is 35.5 Å². The molecule has 0 bridgehead atoms. The zero-order valence-corrected chi connectivity index (χ0v) is 15.3. The van der Waals surface area contributed by atoms with Crippen LogP contribution in [0.5, 0.6) is 0 Å². The molecule has 1 aliphatic rings. The lowest BCUT2D eigenvalue weighted by Crippen LogP contribution is -2.21. The topological polar surface area (TPSA) is 105 Å². The summed E-state index contributed by atoms with van der Waals surface area (Å²) in [5.74, 6) is 0.350. The van der Waals surface area contributed by atoms with E-state index in [-0.39, 0.29) is 0 Å². The Hall–Kier alpha value is -2.91. The van der Waals surface area contributed by atoms with Crippen molar-refractivity contribution in [1.29, 1.82) is 0 Å². The zero-order valence-electron chi connectivity index (χ0n) is 15.3. The molecule has 0 unspecified atom stereocenters. The molecule has 0 atom stereocenters. The quantitative estimate of drug-likeness (QED) is 0.694. The number of nitrogens with zero attached hydrogens (tertiary/aromatic N) is 3. The molecule has 28 heavy (non-hydrogen) atoms. The van der Waals surface area contributed by atoms with E-state index in [9.17, 15) is 13.2 Å². The number of H-pyrrole nitrogens is 1. The van der Waals surface area contributed by atoms with Crippen LogP contribution in [0.25, 0.3) is 11.0 Å². The highest BCUT2D eigenvalue weighted by atomic mass is 19.4. The number of hydrogen-bond acceptors (Lipinski definition) is 5. The summed E-state index contributed by atoms with van der Waals surface area (Å²) in [6, 6.07) is 4.21. The minimum atomic E-state index is -5.08. The van der Waals surface area contributed by atoms with Crippen molar-refractivity contribution in [1.82, 2.24) is 20.1 Å². The Morgan fingerprint density at radius 2 is 1.93 bits per heavy atom. The van der Waals surface area contributed by atoms with Gasteiger partial charge in [0.25, 0.3) is 0 Å². The third-order valence-electron chi connectivity index (χ3n) is 4.47. The van der Waals surface area contributed by atoms with E-state index in [1.807, 2.05) is 0 Å². The molecule has 1 aromatic carbocycles. The second-order valence-corrected chi connectivity index (χ2v) is 6.71. The van der Waals surface area contributed by atoms with Gasteiger partial charge in [0.05, 0.1) is 11.0 Å². The van der Waals surface area contributed by atoms with E-state index in [1.54, 1.807) is 0 Å². The van der Waals surface area contributed by atoms with Crippen LogP contribution in [0.3, 0.4) is 0 Å². The maximum atomic E-state index is 10.6. The first kappa shape index (κ1) is 19.8. The van der Waals surface area contributed by atoms with Gasteiger partial charge in [0, 0.05) is 18.8 Å². The largest absolute Gasteiger partial charge is 0.490 e. The summed E-state index contributed by atoms with van der Waals surface area (Å²) in [5.41, 5.74) is 4.67. The van der Waals surface area contributed by atoms with E-state index in [2.05, 4.69) is 41.1 Å². The second-order valence-electron chi connectivity index (χ2n) is 6.71. The lowest BCUT2D eigenvalue weighted by molar-refractivity contribution is -0.192. The van der Waals surface area contributed by atoms with Gasteiger partial charge in [-0.2, -0.15) is 18.2 Å². The van der Waals surface area contributed by atoms with Crippen molar-refractivity contribution in [3.05, 3.63) is 40.8 Å². The second kappa shape index (κ2) is 7.61. The van der Waals surface area contributed by atoms with Crippen LogP contribution in [0.15, 0.2) is 16.7 Å². The third-order valence-corrected chi connectivity index (χ3v) is 4.47. The van der Waals surface area contributed by atoms with E-state index < -0.39 is 12.1 Å². The van der Waals surface area contributed by atoms with Crippen molar-refractivity contribution in [2.75, 3.05) is 0 Å². The van der Waals surface area contributed by atoms with Crippen LogP contribution in [-0.2, 0) is 17.6 Å². The normalized spacial score (nSPS) is 14.0. The minimum Gasteiger partial charge on any atom is -0.475 e. The molecule has 2 N–H and O–H groups in total. The predicted octanol–water partition coefficient (Wildman–Crippen LogP) is 3.86. The highest BCUT2D eigenvalue weighted by molar-refractivity contribution is 5.79. The lowest BCUT2D eigenvalue weighted by Gasteiger charge is -1.98. The molecular weight excluding hydrogens is 377 g/mol. The molecule has 1 fully saturated rings. The van der Waals surface area contributed by atoms with Crippen LogP contribution in [0, 0.1) is 13.8 Å². The Balaban J connectivity index is 0.000000279. The Labute approximate surface area is 158 Å². The minimum absolute atomic E-state index is 0.541. The fourth-order valence-corrected chi connectivity index (χ4v) is 2.59. The maximum absolute atomic E-state index is 10.6. The smallest absolute Gasteiger partial charge is 0.475 e. The first-order chi connectivity index (χ1) is 13.1. The fourth-order valence-electron chi connectivity index (χ4n) is 2.59. The van der Waals surface area contributed by atoms with Gasteiger partial charge in [-0.15, -0.1) is 0 Å². The van der Waals surface area contributed by atoms with Gasteiger partial charge >= 0.3 is 12.1 Å². The first-order valence-electron chi connectivity index (χ1n) is 8.72. The summed E-state index contributed by atoms with van der Waals surface area (Å²) in [7, 11) is 0. The van der Waals surface area contributed by atoms with Gasteiger partial charge in [-0.1, -0.05) is 11.2 Å². The molecule has 10 heteroatoms. The van der Waals surface area contributed by atoms with Crippen LogP contribution < -0.4 is 0 Å². The number of carboxylic acid groups (broad SMARTS) is 1. The standard InChI is InChI=1S/C16H18N4O.C2HF3O2/c1-9-3-6-12-15(10(9)2)18-13(17-12)7-8-14-19-16(20-21-14)11-4-5-11;3-2(4,5)1(6)7/h3,6,11H,4-5,7-8H2,1-2H3,(H,17,18);(H,6,7). The van der Waals surface area contributed by atoms with Crippen LogP contribution in [0.2, 0.25) is 0 Å². The Morgan fingerprint density at radius 1 is 1.25 bits per heavy atom. The number of nitrogens with one attached hydrogen (secondary N) is 1. The summed E-state index contributed by atoms with van der Waals surface area (Å²) in [6.07, 6.45) is -1.17. The first-order valence-corrected chi connectivity index (χ1v) is 8.72. The molecule has 2 heterocycles.